The number of imidazole rings is 2. The Morgan fingerprint density at radius 2 is 1.46 bits per heavy atom. The van der Waals surface area contributed by atoms with Gasteiger partial charge in [-0.25, -0.2) is 19.9 Å². The number of nitrogens with one attached hydrogen (secondary N) is 2. The van der Waals surface area contributed by atoms with E-state index in [-0.39, 0.29) is 0 Å². The molecule has 0 atom stereocenters. The van der Waals surface area contributed by atoms with Gasteiger partial charge in [0, 0.05) is 32.4 Å². The fourth-order valence-corrected chi connectivity index (χ4v) is 6.58. The number of fused-ring (bicyclic) bond motifs is 11. The van der Waals surface area contributed by atoms with E-state index in [9.17, 15) is 0 Å². The Morgan fingerprint density at radius 3 is 2.37 bits per heavy atom. The van der Waals surface area contributed by atoms with Crippen LogP contribution < -0.4 is 0 Å². The summed E-state index contributed by atoms with van der Waals surface area (Å²) in [6, 6.07) is 17.7. The van der Waals surface area contributed by atoms with Crippen LogP contribution in [0.5, 0.6) is 0 Å². The average Bonchev–Trinajstić information content (AvgIpc) is 3.56. The Hall–Kier alpha value is -4.36. The molecule has 0 unspecified atom stereocenters. The zero-order valence-electron chi connectivity index (χ0n) is 19.0. The first kappa shape index (κ1) is 19.0. The van der Waals surface area contributed by atoms with E-state index in [0.717, 1.165) is 61.0 Å². The van der Waals surface area contributed by atoms with Crippen LogP contribution in [0.1, 0.15) is 11.6 Å². The van der Waals surface area contributed by atoms with Gasteiger partial charge in [0.25, 0.3) is 0 Å². The predicted molar refractivity (Wildman–Crippen MR) is 144 cm³/mol. The first-order valence-corrected chi connectivity index (χ1v) is 12.3. The highest BCUT2D eigenvalue weighted by molar-refractivity contribution is 7.26. The maximum absolute atomic E-state index is 4.76. The molecule has 166 valence electrons. The van der Waals surface area contributed by atoms with Gasteiger partial charge in [0.1, 0.15) is 23.5 Å². The summed E-state index contributed by atoms with van der Waals surface area (Å²) in [5.41, 5.74) is 7.31. The SMILES string of the molecule is Cc1nc2c(ccc3c4ccc(-c5ccc6c(c5)c5cncnc5c5[nH]c(C)nc65)cc4sc32)[nH]1. The summed E-state index contributed by atoms with van der Waals surface area (Å²) >= 11 is 1.81. The van der Waals surface area contributed by atoms with Gasteiger partial charge in [-0.05, 0) is 48.6 Å². The first-order chi connectivity index (χ1) is 17.1. The maximum atomic E-state index is 4.76. The van der Waals surface area contributed by atoms with Crippen LogP contribution >= 0.6 is 11.3 Å². The molecule has 0 aliphatic heterocycles. The Kier molecular flexibility index (Phi) is 3.59. The minimum atomic E-state index is 0.882. The molecule has 0 aliphatic rings. The lowest BCUT2D eigenvalue weighted by atomic mass is 9.97. The fourth-order valence-electron chi connectivity index (χ4n) is 5.34. The van der Waals surface area contributed by atoms with Crippen molar-refractivity contribution in [2.75, 3.05) is 0 Å². The second-order valence-corrected chi connectivity index (χ2v) is 10.1. The molecule has 0 bridgehead atoms. The third kappa shape index (κ3) is 2.58. The van der Waals surface area contributed by atoms with Crippen molar-refractivity contribution in [3.8, 4) is 11.1 Å². The zero-order valence-corrected chi connectivity index (χ0v) is 19.8. The Bertz CT molecular complexity index is 2150. The maximum Gasteiger partial charge on any atom is 0.116 e. The van der Waals surface area contributed by atoms with Gasteiger partial charge in [0.15, 0.2) is 0 Å². The molecular formula is C28H18N6S. The molecule has 0 radical (unpaired) electrons. The summed E-state index contributed by atoms with van der Waals surface area (Å²) in [6.07, 6.45) is 3.50. The lowest BCUT2D eigenvalue weighted by Gasteiger charge is -2.08. The van der Waals surface area contributed by atoms with E-state index in [2.05, 4.69) is 68.5 Å². The monoisotopic (exact) mass is 470 g/mol. The van der Waals surface area contributed by atoms with Crippen molar-refractivity contribution >= 4 is 75.3 Å². The number of aromatic nitrogens is 6. The van der Waals surface area contributed by atoms with Crippen molar-refractivity contribution < 1.29 is 0 Å². The topological polar surface area (TPSA) is 83.1 Å². The molecule has 4 aromatic heterocycles. The third-order valence-electron chi connectivity index (χ3n) is 6.88. The molecule has 4 heterocycles. The summed E-state index contributed by atoms with van der Waals surface area (Å²) in [5, 5.41) is 5.77. The molecule has 0 saturated carbocycles. The molecule has 35 heavy (non-hydrogen) atoms. The van der Waals surface area contributed by atoms with Crippen molar-refractivity contribution in [1.82, 2.24) is 29.9 Å². The highest BCUT2D eigenvalue weighted by atomic mass is 32.1. The van der Waals surface area contributed by atoms with Crippen molar-refractivity contribution in [2.24, 2.45) is 0 Å². The standard InChI is InChI=1S/C28H18N6S/c1-13-31-22-8-7-19-17-5-3-16(10-23(17)35-28(19)26(22)33-13)15-4-6-18-20(9-15)21-11-29-12-30-24(21)27-25(18)32-14(2)34-27/h3-12H,1-2H3,(H,31,33)(H,32,34). The van der Waals surface area contributed by atoms with Gasteiger partial charge in [0.2, 0.25) is 0 Å². The molecule has 4 aromatic carbocycles. The number of thiophene rings is 1. The van der Waals surface area contributed by atoms with Gasteiger partial charge in [-0.15, -0.1) is 11.3 Å². The number of aryl methyl sites for hydroxylation is 2. The van der Waals surface area contributed by atoms with Crippen molar-refractivity contribution in [2.45, 2.75) is 13.8 Å². The van der Waals surface area contributed by atoms with E-state index < -0.39 is 0 Å². The molecule has 0 fully saturated rings. The van der Waals surface area contributed by atoms with E-state index in [1.165, 1.54) is 25.7 Å². The number of aromatic amines is 2. The molecule has 7 heteroatoms. The fraction of sp³-hybridized carbons (Fsp3) is 0.0714. The molecular weight excluding hydrogens is 452 g/mol. The van der Waals surface area contributed by atoms with Crippen molar-refractivity contribution in [3.63, 3.8) is 0 Å². The second kappa shape index (κ2) is 6.61. The number of H-pyrrole nitrogens is 2. The lowest BCUT2D eigenvalue weighted by Crippen LogP contribution is -1.87. The summed E-state index contributed by atoms with van der Waals surface area (Å²) in [4.78, 5) is 25.1. The highest BCUT2D eigenvalue weighted by Crippen LogP contribution is 2.40. The summed E-state index contributed by atoms with van der Waals surface area (Å²) in [6.45, 7) is 3.98. The van der Waals surface area contributed by atoms with E-state index in [1.54, 1.807) is 6.33 Å². The second-order valence-electron chi connectivity index (χ2n) is 9.06. The number of hydrogen-bond acceptors (Lipinski definition) is 5. The normalized spacial score (nSPS) is 12.3. The molecule has 2 N–H and O–H groups in total. The summed E-state index contributed by atoms with van der Waals surface area (Å²) < 4.78 is 2.49. The molecule has 8 aromatic rings. The van der Waals surface area contributed by atoms with Crippen LogP contribution in [0.25, 0.3) is 75.0 Å². The van der Waals surface area contributed by atoms with E-state index in [1.807, 2.05) is 31.4 Å². The molecule has 0 saturated heterocycles. The van der Waals surface area contributed by atoms with Crippen molar-refractivity contribution in [1.29, 1.82) is 0 Å². The van der Waals surface area contributed by atoms with Gasteiger partial charge < -0.3 is 9.97 Å². The van der Waals surface area contributed by atoms with Gasteiger partial charge in [0.05, 0.1) is 26.8 Å². The van der Waals surface area contributed by atoms with Gasteiger partial charge in [-0.2, -0.15) is 0 Å². The molecule has 0 spiro atoms. The summed E-state index contributed by atoms with van der Waals surface area (Å²) in [5.74, 6) is 1.83. The number of rotatable bonds is 1. The highest BCUT2D eigenvalue weighted by Gasteiger charge is 2.15. The van der Waals surface area contributed by atoms with E-state index >= 15 is 0 Å². The van der Waals surface area contributed by atoms with Gasteiger partial charge in [-0.3, -0.25) is 0 Å². The lowest BCUT2D eigenvalue weighted by molar-refractivity contribution is 1.17. The van der Waals surface area contributed by atoms with Crippen LogP contribution in [0, 0.1) is 13.8 Å². The minimum Gasteiger partial charge on any atom is -0.342 e. The Labute approximate surface area is 202 Å². The zero-order chi connectivity index (χ0) is 23.3. The Morgan fingerprint density at radius 1 is 0.686 bits per heavy atom. The number of benzene rings is 4. The van der Waals surface area contributed by atoms with Crippen molar-refractivity contribution in [3.05, 3.63) is 72.7 Å². The van der Waals surface area contributed by atoms with E-state index in [0.29, 0.717) is 0 Å². The van der Waals surface area contributed by atoms with Crippen LogP contribution in [-0.2, 0) is 0 Å². The number of hydrogen-bond donors (Lipinski definition) is 2. The smallest absolute Gasteiger partial charge is 0.116 e. The summed E-state index contributed by atoms with van der Waals surface area (Å²) in [7, 11) is 0. The van der Waals surface area contributed by atoms with E-state index in [4.69, 9.17) is 9.97 Å². The third-order valence-corrected chi connectivity index (χ3v) is 8.05. The predicted octanol–water partition coefficient (Wildman–Crippen LogP) is 7.19. The largest absolute Gasteiger partial charge is 0.342 e. The van der Waals surface area contributed by atoms with Crippen LogP contribution in [0.4, 0.5) is 0 Å². The molecule has 0 aliphatic carbocycles. The minimum absolute atomic E-state index is 0.882. The van der Waals surface area contributed by atoms with Crippen LogP contribution in [0.3, 0.4) is 0 Å². The molecule has 0 amide bonds. The number of nitrogens with zero attached hydrogens (tertiary/aromatic N) is 4. The first-order valence-electron chi connectivity index (χ1n) is 11.5. The van der Waals surface area contributed by atoms with Crippen LogP contribution in [0.2, 0.25) is 0 Å². The quantitative estimate of drug-likeness (QED) is 0.249. The van der Waals surface area contributed by atoms with Crippen LogP contribution in [-0.4, -0.2) is 29.9 Å². The van der Waals surface area contributed by atoms with Gasteiger partial charge in [-0.1, -0.05) is 30.3 Å². The van der Waals surface area contributed by atoms with Crippen LogP contribution in [0.15, 0.2) is 61.1 Å². The Balaban J connectivity index is 1.39. The molecule has 6 nitrogen and oxygen atoms in total. The average molecular weight is 471 g/mol. The van der Waals surface area contributed by atoms with Gasteiger partial charge >= 0.3 is 0 Å². The molecule has 8 rings (SSSR count).